The third kappa shape index (κ3) is 3.16. The van der Waals surface area contributed by atoms with E-state index >= 15 is 0 Å². The normalized spacial score (nSPS) is 24.4. The van der Waals surface area contributed by atoms with E-state index in [1.165, 1.54) is 12.3 Å². The number of nitrogens with one attached hydrogen (secondary N) is 1. The molecule has 2 rings (SSSR count). The SMILES string of the molecule is O=C(NC1CCCCC1Cl)c1cncc(F)c1. The lowest BCUT2D eigenvalue weighted by Crippen LogP contribution is -2.42. The summed E-state index contributed by atoms with van der Waals surface area (Å²) >= 11 is 6.14. The van der Waals surface area contributed by atoms with E-state index in [1.54, 1.807) is 0 Å². The van der Waals surface area contributed by atoms with Gasteiger partial charge in [0, 0.05) is 12.2 Å². The Morgan fingerprint density at radius 3 is 2.88 bits per heavy atom. The van der Waals surface area contributed by atoms with Gasteiger partial charge in [-0.1, -0.05) is 12.8 Å². The monoisotopic (exact) mass is 256 g/mol. The van der Waals surface area contributed by atoms with Crippen LogP contribution in [0.2, 0.25) is 0 Å². The van der Waals surface area contributed by atoms with E-state index < -0.39 is 5.82 Å². The van der Waals surface area contributed by atoms with E-state index in [1.807, 2.05) is 0 Å². The molecule has 2 unspecified atom stereocenters. The van der Waals surface area contributed by atoms with Crippen molar-refractivity contribution in [2.24, 2.45) is 0 Å². The lowest BCUT2D eigenvalue weighted by atomic mass is 9.95. The van der Waals surface area contributed by atoms with Gasteiger partial charge in [0.05, 0.1) is 17.1 Å². The van der Waals surface area contributed by atoms with E-state index in [0.29, 0.717) is 0 Å². The molecule has 1 aromatic rings. The predicted molar refractivity (Wildman–Crippen MR) is 63.6 cm³/mol. The fourth-order valence-corrected chi connectivity index (χ4v) is 2.38. The van der Waals surface area contributed by atoms with Crippen LogP contribution in [-0.2, 0) is 0 Å². The number of hydrogen-bond acceptors (Lipinski definition) is 2. The Morgan fingerprint density at radius 1 is 1.41 bits per heavy atom. The number of nitrogens with zero attached hydrogens (tertiary/aromatic N) is 1. The minimum absolute atomic E-state index is 0.0267. The molecule has 1 aromatic heterocycles. The van der Waals surface area contributed by atoms with Crippen LogP contribution in [-0.4, -0.2) is 22.3 Å². The average Bonchev–Trinajstić information content (AvgIpc) is 2.32. The minimum atomic E-state index is -0.510. The Balaban J connectivity index is 2.01. The third-order valence-electron chi connectivity index (χ3n) is 2.97. The lowest BCUT2D eigenvalue weighted by Gasteiger charge is -2.27. The van der Waals surface area contributed by atoms with Gasteiger partial charge in [0.15, 0.2) is 0 Å². The topological polar surface area (TPSA) is 42.0 Å². The Hall–Kier alpha value is -1.16. The molecule has 1 aliphatic carbocycles. The molecule has 0 spiro atoms. The van der Waals surface area contributed by atoms with Gasteiger partial charge in [0.2, 0.25) is 0 Å². The number of carbonyl (C=O) groups is 1. The summed E-state index contributed by atoms with van der Waals surface area (Å²) in [6.45, 7) is 0. The van der Waals surface area contributed by atoms with E-state index in [9.17, 15) is 9.18 Å². The number of halogens is 2. The first kappa shape index (κ1) is 12.3. The smallest absolute Gasteiger partial charge is 0.253 e. The molecule has 92 valence electrons. The number of hydrogen-bond donors (Lipinski definition) is 1. The second-order valence-electron chi connectivity index (χ2n) is 4.27. The van der Waals surface area contributed by atoms with Crippen molar-refractivity contribution in [3.63, 3.8) is 0 Å². The summed E-state index contributed by atoms with van der Waals surface area (Å²) in [4.78, 5) is 15.5. The molecule has 0 aromatic carbocycles. The molecule has 1 heterocycles. The molecule has 1 saturated carbocycles. The maximum Gasteiger partial charge on any atom is 0.253 e. The van der Waals surface area contributed by atoms with Crippen molar-refractivity contribution >= 4 is 17.5 Å². The quantitative estimate of drug-likeness (QED) is 0.826. The number of pyridine rings is 1. The Morgan fingerprint density at radius 2 is 2.18 bits per heavy atom. The number of alkyl halides is 1. The largest absolute Gasteiger partial charge is 0.348 e. The lowest BCUT2D eigenvalue weighted by molar-refractivity contribution is 0.0928. The minimum Gasteiger partial charge on any atom is -0.348 e. The van der Waals surface area contributed by atoms with Gasteiger partial charge >= 0.3 is 0 Å². The van der Waals surface area contributed by atoms with Crippen molar-refractivity contribution in [3.05, 3.63) is 29.8 Å². The second kappa shape index (κ2) is 5.45. The van der Waals surface area contributed by atoms with Crippen LogP contribution in [0.15, 0.2) is 18.5 Å². The summed E-state index contributed by atoms with van der Waals surface area (Å²) in [5, 5.41) is 2.80. The number of carbonyl (C=O) groups excluding carboxylic acids is 1. The van der Waals surface area contributed by atoms with Gasteiger partial charge in [-0.25, -0.2) is 4.39 Å². The van der Waals surface area contributed by atoms with Gasteiger partial charge in [-0.3, -0.25) is 9.78 Å². The van der Waals surface area contributed by atoms with Gasteiger partial charge < -0.3 is 5.32 Å². The Labute approximate surface area is 104 Å². The Bertz CT molecular complexity index is 413. The maximum atomic E-state index is 12.9. The number of amides is 1. The van der Waals surface area contributed by atoms with E-state index in [4.69, 9.17) is 11.6 Å². The van der Waals surface area contributed by atoms with Crippen LogP contribution in [0.4, 0.5) is 4.39 Å². The molecule has 1 aliphatic rings. The van der Waals surface area contributed by atoms with Crippen molar-refractivity contribution in [2.45, 2.75) is 37.1 Å². The highest BCUT2D eigenvalue weighted by molar-refractivity contribution is 6.21. The van der Waals surface area contributed by atoms with Crippen LogP contribution in [0.1, 0.15) is 36.0 Å². The van der Waals surface area contributed by atoms with Crippen LogP contribution >= 0.6 is 11.6 Å². The summed E-state index contributed by atoms with van der Waals surface area (Å²) < 4.78 is 12.9. The summed E-state index contributed by atoms with van der Waals surface area (Å²) in [5.74, 6) is -0.821. The standard InChI is InChI=1S/C12H14ClFN2O/c13-10-3-1-2-4-11(10)16-12(17)8-5-9(14)7-15-6-8/h5-7,10-11H,1-4H2,(H,16,17). The van der Waals surface area contributed by atoms with Crippen LogP contribution in [0, 0.1) is 5.82 Å². The number of rotatable bonds is 2. The summed E-state index contributed by atoms with van der Waals surface area (Å²) in [6, 6.07) is 1.15. The van der Waals surface area contributed by atoms with E-state index in [2.05, 4.69) is 10.3 Å². The van der Waals surface area contributed by atoms with Crippen LogP contribution < -0.4 is 5.32 Å². The number of aromatic nitrogens is 1. The van der Waals surface area contributed by atoms with Crippen LogP contribution in [0.3, 0.4) is 0 Å². The maximum absolute atomic E-state index is 12.9. The second-order valence-corrected chi connectivity index (χ2v) is 4.83. The van der Waals surface area contributed by atoms with Crippen molar-refractivity contribution in [3.8, 4) is 0 Å². The van der Waals surface area contributed by atoms with Crippen molar-refractivity contribution < 1.29 is 9.18 Å². The fraction of sp³-hybridized carbons (Fsp3) is 0.500. The first-order chi connectivity index (χ1) is 8.16. The van der Waals surface area contributed by atoms with Crippen LogP contribution in [0.5, 0.6) is 0 Å². The molecule has 5 heteroatoms. The molecule has 17 heavy (non-hydrogen) atoms. The van der Waals surface area contributed by atoms with Gasteiger partial charge in [-0.05, 0) is 18.9 Å². The van der Waals surface area contributed by atoms with E-state index in [-0.39, 0.29) is 22.9 Å². The highest BCUT2D eigenvalue weighted by Gasteiger charge is 2.25. The zero-order chi connectivity index (χ0) is 12.3. The predicted octanol–water partition coefficient (Wildman–Crippen LogP) is 2.50. The summed E-state index contributed by atoms with van der Waals surface area (Å²) in [5.41, 5.74) is 0.236. The van der Waals surface area contributed by atoms with Crippen molar-refractivity contribution in [2.75, 3.05) is 0 Å². The molecule has 0 bridgehead atoms. The molecule has 1 amide bonds. The molecule has 0 saturated heterocycles. The molecule has 3 nitrogen and oxygen atoms in total. The third-order valence-corrected chi connectivity index (χ3v) is 3.49. The molecule has 1 fully saturated rings. The van der Waals surface area contributed by atoms with Crippen molar-refractivity contribution in [1.29, 1.82) is 0 Å². The van der Waals surface area contributed by atoms with Gasteiger partial charge in [-0.2, -0.15) is 0 Å². The Kier molecular flexibility index (Phi) is 3.94. The first-order valence-electron chi connectivity index (χ1n) is 5.72. The fourth-order valence-electron chi connectivity index (χ4n) is 2.04. The van der Waals surface area contributed by atoms with Gasteiger partial charge in [0.25, 0.3) is 5.91 Å². The molecular formula is C12H14ClFN2O. The zero-order valence-electron chi connectivity index (χ0n) is 9.33. The zero-order valence-corrected chi connectivity index (χ0v) is 10.1. The van der Waals surface area contributed by atoms with Crippen molar-refractivity contribution in [1.82, 2.24) is 10.3 Å². The molecule has 1 N–H and O–H groups in total. The first-order valence-corrected chi connectivity index (χ1v) is 6.16. The van der Waals surface area contributed by atoms with Crippen LogP contribution in [0.25, 0.3) is 0 Å². The molecular weight excluding hydrogens is 243 g/mol. The average molecular weight is 257 g/mol. The summed E-state index contributed by atoms with van der Waals surface area (Å²) in [6.07, 6.45) is 6.38. The highest BCUT2D eigenvalue weighted by atomic mass is 35.5. The highest BCUT2D eigenvalue weighted by Crippen LogP contribution is 2.23. The molecule has 0 radical (unpaired) electrons. The van der Waals surface area contributed by atoms with Gasteiger partial charge in [0.1, 0.15) is 5.82 Å². The molecule has 0 aliphatic heterocycles. The van der Waals surface area contributed by atoms with E-state index in [0.717, 1.165) is 31.9 Å². The summed E-state index contributed by atoms with van der Waals surface area (Å²) in [7, 11) is 0. The molecule has 2 atom stereocenters. The van der Waals surface area contributed by atoms with Gasteiger partial charge in [-0.15, -0.1) is 11.6 Å².